The molecule has 0 amide bonds. The molecule has 0 aliphatic carbocycles. The van der Waals surface area contributed by atoms with Crippen molar-refractivity contribution in [1.29, 1.82) is 0 Å². The number of nitrogens with zero attached hydrogens (tertiary/aromatic N) is 2. The molecule has 2 aromatic rings. The molecule has 21 heavy (non-hydrogen) atoms. The number of imidazole rings is 1. The maximum absolute atomic E-state index is 13.6. The summed E-state index contributed by atoms with van der Waals surface area (Å²) in [6.07, 6.45) is 4.63. The fraction of sp³-hybridized carbons (Fsp3) is 0.588. The minimum Gasteiger partial charge on any atom is -0.327 e. The number of rotatable bonds is 4. The zero-order valence-electron chi connectivity index (χ0n) is 12.9. The van der Waals surface area contributed by atoms with E-state index in [1.807, 2.05) is 0 Å². The van der Waals surface area contributed by atoms with E-state index in [9.17, 15) is 4.39 Å². The summed E-state index contributed by atoms with van der Waals surface area (Å²) in [5, 5.41) is 3.60. The molecule has 2 heterocycles. The lowest BCUT2D eigenvalue weighted by atomic mass is 9.90. The lowest BCUT2D eigenvalue weighted by Crippen LogP contribution is -2.33. The highest BCUT2D eigenvalue weighted by Gasteiger charge is 2.26. The average Bonchev–Trinajstić information content (AvgIpc) is 2.86. The molecule has 2 atom stereocenters. The van der Waals surface area contributed by atoms with E-state index in [1.54, 1.807) is 12.1 Å². The van der Waals surface area contributed by atoms with Gasteiger partial charge in [0.25, 0.3) is 0 Å². The summed E-state index contributed by atoms with van der Waals surface area (Å²) >= 11 is 0. The van der Waals surface area contributed by atoms with E-state index in [0.29, 0.717) is 6.04 Å². The molecule has 1 aliphatic heterocycles. The lowest BCUT2D eigenvalue weighted by Gasteiger charge is -2.29. The summed E-state index contributed by atoms with van der Waals surface area (Å²) in [5.41, 5.74) is 1.83. The van der Waals surface area contributed by atoms with Gasteiger partial charge in [0, 0.05) is 6.54 Å². The van der Waals surface area contributed by atoms with E-state index in [-0.39, 0.29) is 5.82 Å². The zero-order chi connectivity index (χ0) is 14.8. The van der Waals surface area contributed by atoms with Gasteiger partial charge in [0.15, 0.2) is 0 Å². The van der Waals surface area contributed by atoms with E-state index in [0.717, 1.165) is 48.7 Å². The molecule has 3 rings (SSSR count). The van der Waals surface area contributed by atoms with Gasteiger partial charge < -0.3 is 9.88 Å². The fourth-order valence-corrected chi connectivity index (χ4v) is 3.40. The minimum absolute atomic E-state index is 0.186. The van der Waals surface area contributed by atoms with Crippen LogP contribution >= 0.6 is 0 Å². The van der Waals surface area contributed by atoms with Gasteiger partial charge in [-0.3, -0.25) is 0 Å². The zero-order valence-corrected chi connectivity index (χ0v) is 12.9. The number of hydrogen-bond acceptors (Lipinski definition) is 2. The number of hydrogen-bond donors (Lipinski definition) is 1. The molecule has 0 bridgehead atoms. The molecular weight excluding hydrogens is 265 g/mol. The lowest BCUT2D eigenvalue weighted by molar-refractivity contribution is 0.286. The third kappa shape index (κ3) is 2.82. The topological polar surface area (TPSA) is 29.9 Å². The summed E-state index contributed by atoms with van der Waals surface area (Å²) in [7, 11) is 0. The Morgan fingerprint density at radius 2 is 2.24 bits per heavy atom. The number of benzene rings is 1. The Bertz CT molecular complexity index is 620. The van der Waals surface area contributed by atoms with Crippen molar-refractivity contribution < 1.29 is 4.39 Å². The van der Waals surface area contributed by atoms with Crippen LogP contribution in [-0.2, 0) is 6.54 Å². The second kappa shape index (κ2) is 6.14. The van der Waals surface area contributed by atoms with E-state index in [1.165, 1.54) is 18.9 Å². The molecule has 1 aromatic carbocycles. The molecule has 4 heteroatoms. The molecule has 3 nitrogen and oxygen atoms in total. The Kier molecular flexibility index (Phi) is 4.24. The quantitative estimate of drug-likeness (QED) is 0.920. The molecule has 2 unspecified atom stereocenters. The normalized spacial score (nSPS) is 22.8. The summed E-state index contributed by atoms with van der Waals surface area (Å²) in [6, 6.07) is 5.20. The first-order valence-corrected chi connectivity index (χ1v) is 8.12. The molecule has 1 N–H and O–H groups in total. The van der Waals surface area contributed by atoms with Crippen molar-refractivity contribution in [1.82, 2.24) is 14.9 Å². The molecule has 1 saturated heterocycles. The van der Waals surface area contributed by atoms with Crippen molar-refractivity contribution in [3.63, 3.8) is 0 Å². The van der Waals surface area contributed by atoms with E-state index in [4.69, 9.17) is 4.98 Å². The third-order valence-corrected chi connectivity index (χ3v) is 4.59. The Morgan fingerprint density at radius 1 is 1.38 bits per heavy atom. The highest BCUT2D eigenvalue weighted by Crippen LogP contribution is 2.31. The van der Waals surface area contributed by atoms with Gasteiger partial charge in [0.1, 0.15) is 11.6 Å². The Balaban J connectivity index is 2.02. The highest BCUT2D eigenvalue weighted by molar-refractivity contribution is 5.76. The standard InChI is InChI=1S/C17H24FN3/c1-3-9-21-16-11-13(18)5-6-14(16)20-17(21)15-10-12(4-2)7-8-19-15/h5-6,11-12,15,19H,3-4,7-10H2,1-2H3. The van der Waals surface area contributed by atoms with E-state index >= 15 is 0 Å². The van der Waals surface area contributed by atoms with Gasteiger partial charge in [-0.05, 0) is 49.9 Å². The predicted octanol–water partition coefficient (Wildman–Crippen LogP) is 4.04. The van der Waals surface area contributed by atoms with Gasteiger partial charge in [-0.2, -0.15) is 0 Å². The largest absolute Gasteiger partial charge is 0.327 e. The van der Waals surface area contributed by atoms with Gasteiger partial charge in [0.2, 0.25) is 0 Å². The first-order chi connectivity index (χ1) is 10.2. The van der Waals surface area contributed by atoms with Crippen molar-refractivity contribution >= 4 is 11.0 Å². The van der Waals surface area contributed by atoms with Crippen LogP contribution in [0.25, 0.3) is 11.0 Å². The van der Waals surface area contributed by atoms with Crippen LogP contribution in [0.5, 0.6) is 0 Å². The summed E-state index contributed by atoms with van der Waals surface area (Å²) < 4.78 is 15.8. The summed E-state index contributed by atoms with van der Waals surface area (Å²) in [5.74, 6) is 1.66. The van der Waals surface area contributed by atoms with Crippen LogP contribution in [0, 0.1) is 11.7 Å². The first-order valence-electron chi connectivity index (χ1n) is 8.12. The van der Waals surface area contributed by atoms with Crippen LogP contribution in [0.2, 0.25) is 0 Å². The van der Waals surface area contributed by atoms with Crippen molar-refractivity contribution in [2.75, 3.05) is 6.54 Å². The van der Waals surface area contributed by atoms with Crippen molar-refractivity contribution in [2.24, 2.45) is 5.92 Å². The first kappa shape index (κ1) is 14.5. The number of nitrogens with one attached hydrogen (secondary N) is 1. The van der Waals surface area contributed by atoms with Crippen molar-refractivity contribution in [3.8, 4) is 0 Å². The molecule has 1 fully saturated rings. The fourth-order valence-electron chi connectivity index (χ4n) is 3.40. The van der Waals surface area contributed by atoms with Gasteiger partial charge in [-0.1, -0.05) is 20.3 Å². The molecule has 114 valence electrons. The van der Waals surface area contributed by atoms with E-state index < -0.39 is 0 Å². The number of aromatic nitrogens is 2. The highest BCUT2D eigenvalue weighted by atomic mass is 19.1. The van der Waals surface area contributed by atoms with Crippen LogP contribution in [0.15, 0.2) is 18.2 Å². The van der Waals surface area contributed by atoms with Crippen LogP contribution < -0.4 is 5.32 Å². The number of aryl methyl sites for hydroxylation is 1. The van der Waals surface area contributed by atoms with Crippen LogP contribution in [0.1, 0.15) is 51.4 Å². The maximum atomic E-state index is 13.6. The summed E-state index contributed by atoms with van der Waals surface area (Å²) in [6.45, 7) is 6.35. The van der Waals surface area contributed by atoms with Gasteiger partial charge in [0.05, 0.1) is 17.1 Å². The maximum Gasteiger partial charge on any atom is 0.127 e. The number of halogens is 1. The van der Waals surface area contributed by atoms with Gasteiger partial charge >= 0.3 is 0 Å². The molecule has 0 radical (unpaired) electrons. The molecule has 1 aromatic heterocycles. The second-order valence-corrected chi connectivity index (χ2v) is 6.06. The molecular formula is C17H24FN3. The van der Waals surface area contributed by atoms with Gasteiger partial charge in [-0.15, -0.1) is 0 Å². The Morgan fingerprint density at radius 3 is 3.00 bits per heavy atom. The SMILES string of the molecule is CCCn1c(C2CC(CC)CCN2)nc2ccc(F)cc21. The van der Waals surface area contributed by atoms with Crippen molar-refractivity contribution in [2.45, 2.75) is 52.1 Å². The average molecular weight is 289 g/mol. The number of piperidine rings is 1. The predicted molar refractivity (Wildman–Crippen MR) is 83.7 cm³/mol. The number of fused-ring (bicyclic) bond motifs is 1. The molecule has 0 saturated carbocycles. The second-order valence-electron chi connectivity index (χ2n) is 6.06. The van der Waals surface area contributed by atoms with Crippen LogP contribution in [0.3, 0.4) is 0 Å². The molecule has 0 spiro atoms. The monoisotopic (exact) mass is 289 g/mol. The van der Waals surface area contributed by atoms with Crippen LogP contribution in [0.4, 0.5) is 4.39 Å². The third-order valence-electron chi connectivity index (χ3n) is 4.59. The van der Waals surface area contributed by atoms with Crippen molar-refractivity contribution in [3.05, 3.63) is 29.8 Å². The Hall–Kier alpha value is -1.42. The van der Waals surface area contributed by atoms with Crippen LogP contribution in [-0.4, -0.2) is 16.1 Å². The van der Waals surface area contributed by atoms with E-state index in [2.05, 4.69) is 23.7 Å². The summed E-state index contributed by atoms with van der Waals surface area (Å²) in [4.78, 5) is 4.80. The minimum atomic E-state index is -0.186. The van der Waals surface area contributed by atoms with Gasteiger partial charge in [-0.25, -0.2) is 9.37 Å². The Labute approximate surface area is 125 Å². The molecule has 1 aliphatic rings. The smallest absolute Gasteiger partial charge is 0.127 e.